The van der Waals surface area contributed by atoms with E-state index in [1.54, 1.807) is 24.3 Å². The molecule has 0 radical (unpaired) electrons. The lowest BCUT2D eigenvalue weighted by Crippen LogP contribution is -2.05. The van der Waals surface area contributed by atoms with Gasteiger partial charge in [0.2, 0.25) is 5.91 Å². The molecule has 0 saturated carbocycles. The van der Waals surface area contributed by atoms with Crippen molar-refractivity contribution < 1.29 is 4.79 Å². The molecular weight excluding hydrogens is 306 g/mol. The zero-order valence-corrected chi connectivity index (χ0v) is 12.1. The molecule has 0 aliphatic heterocycles. The van der Waals surface area contributed by atoms with Crippen LogP contribution in [-0.4, -0.2) is 5.91 Å². The van der Waals surface area contributed by atoms with Gasteiger partial charge >= 0.3 is 0 Å². The van der Waals surface area contributed by atoms with Crippen molar-refractivity contribution in [3.63, 3.8) is 0 Å². The molecule has 0 aliphatic carbocycles. The quantitative estimate of drug-likeness (QED) is 0.705. The Hall–Kier alpha value is -2.01. The van der Waals surface area contributed by atoms with E-state index in [9.17, 15) is 4.79 Å². The van der Waals surface area contributed by atoms with Gasteiger partial charge in [-0.15, -0.1) is 0 Å². The van der Waals surface area contributed by atoms with E-state index < -0.39 is 0 Å². The van der Waals surface area contributed by atoms with E-state index in [1.165, 1.54) is 6.92 Å². The van der Waals surface area contributed by atoms with Crippen LogP contribution in [0.25, 0.3) is 0 Å². The smallest absolute Gasteiger partial charge is 0.221 e. The van der Waals surface area contributed by atoms with Crippen molar-refractivity contribution in [2.45, 2.75) is 6.92 Å². The largest absolute Gasteiger partial charge is 0.399 e. The normalized spacial score (nSPS) is 9.16. The highest BCUT2D eigenvalue weighted by molar-refractivity contribution is 9.10. The molecular formula is C14H16BrN3O. The van der Waals surface area contributed by atoms with Crippen molar-refractivity contribution in [3.05, 3.63) is 53.0 Å². The molecule has 0 unspecified atom stereocenters. The Balaban J connectivity index is 0.000000200. The lowest BCUT2D eigenvalue weighted by Gasteiger charge is -2.01. The first-order valence-electron chi connectivity index (χ1n) is 5.61. The van der Waals surface area contributed by atoms with Gasteiger partial charge in [0.1, 0.15) is 0 Å². The third kappa shape index (κ3) is 6.47. The highest BCUT2D eigenvalue weighted by atomic mass is 79.9. The van der Waals surface area contributed by atoms with Gasteiger partial charge in [-0.1, -0.05) is 28.1 Å². The molecule has 2 aromatic carbocycles. The maximum Gasteiger partial charge on any atom is 0.221 e. The zero-order chi connectivity index (χ0) is 14.3. The summed E-state index contributed by atoms with van der Waals surface area (Å²) < 4.78 is 1.03. The summed E-state index contributed by atoms with van der Waals surface area (Å²) in [6.07, 6.45) is 0. The summed E-state index contributed by atoms with van der Waals surface area (Å²) >= 11 is 3.28. The highest BCUT2D eigenvalue weighted by Gasteiger charge is 1.93. The second kappa shape index (κ2) is 7.43. The van der Waals surface area contributed by atoms with E-state index in [0.717, 1.165) is 15.8 Å². The molecule has 0 spiro atoms. The van der Waals surface area contributed by atoms with Crippen LogP contribution < -0.4 is 16.8 Å². The van der Waals surface area contributed by atoms with Gasteiger partial charge in [-0.2, -0.15) is 0 Å². The molecule has 5 heteroatoms. The number of carbonyl (C=O) groups excluding carboxylic acids is 1. The summed E-state index contributed by atoms with van der Waals surface area (Å²) in [5.41, 5.74) is 13.1. The third-order valence-corrected chi connectivity index (χ3v) is 2.55. The standard InChI is InChI=1S/C8H10N2O.C6H6BrN/c1-6(11)10-8-4-2-3-7(9)5-8;7-5-2-1-3-6(8)4-5/h2-5H,9H2,1H3,(H,10,11);1-4H,8H2. The van der Waals surface area contributed by atoms with Crippen molar-refractivity contribution in [1.29, 1.82) is 0 Å². The first-order chi connectivity index (χ1) is 8.97. The van der Waals surface area contributed by atoms with Crippen molar-refractivity contribution >= 4 is 38.9 Å². The topological polar surface area (TPSA) is 81.1 Å². The lowest BCUT2D eigenvalue weighted by atomic mass is 10.3. The Bertz CT molecular complexity index is 541. The van der Waals surface area contributed by atoms with E-state index >= 15 is 0 Å². The van der Waals surface area contributed by atoms with E-state index in [0.29, 0.717) is 5.69 Å². The number of halogens is 1. The molecule has 1 amide bonds. The second-order valence-corrected chi connectivity index (χ2v) is 4.78. The summed E-state index contributed by atoms with van der Waals surface area (Å²) in [5.74, 6) is -0.0874. The highest BCUT2D eigenvalue weighted by Crippen LogP contribution is 2.12. The minimum atomic E-state index is -0.0874. The number of hydrogen-bond acceptors (Lipinski definition) is 3. The van der Waals surface area contributed by atoms with Crippen LogP contribution >= 0.6 is 15.9 Å². The van der Waals surface area contributed by atoms with Crippen LogP contribution in [0.1, 0.15) is 6.92 Å². The minimum Gasteiger partial charge on any atom is -0.399 e. The molecule has 100 valence electrons. The van der Waals surface area contributed by atoms with Gasteiger partial charge in [-0.25, -0.2) is 0 Å². The Morgan fingerprint density at radius 2 is 1.63 bits per heavy atom. The maximum atomic E-state index is 10.6. The summed E-state index contributed by atoms with van der Waals surface area (Å²) in [4.78, 5) is 10.6. The average Bonchev–Trinajstić information content (AvgIpc) is 2.28. The van der Waals surface area contributed by atoms with Gasteiger partial charge in [0.25, 0.3) is 0 Å². The summed E-state index contributed by atoms with van der Waals surface area (Å²) in [5, 5.41) is 2.63. The van der Waals surface area contributed by atoms with Crippen LogP contribution in [0.2, 0.25) is 0 Å². The summed E-state index contributed by atoms with van der Waals surface area (Å²) in [7, 11) is 0. The summed E-state index contributed by atoms with van der Waals surface area (Å²) in [6.45, 7) is 1.46. The predicted molar refractivity (Wildman–Crippen MR) is 83.7 cm³/mol. The summed E-state index contributed by atoms with van der Waals surface area (Å²) in [6, 6.07) is 14.6. The number of benzene rings is 2. The van der Waals surface area contributed by atoms with Gasteiger partial charge in [0, 0.05) is 28.5 Å². The third-order valence-electron chi connectivity index (χ3n) is 2.06. The second-order valence-electron chi connectivity index (χ2n) is 3.86. The van der Waals surface area contributed by atoms with Crippen LogP contribution in [0.4, 0.5) is 17.1 Å². The fraction of sp³-hybridized carbons (Fsp3) is 0.0714. The molecule has 2 rings (SSSR count). The Morgan fingerprint density at radius 3 is 2.05 bits per heavy atom. The molecule has 2 aromatic rings. The monoisotopic (exact) mass is 321 g/mol. The molecule has 0 aromatic heterocycles. The van der Waals surface area contributed by atoms with Gasteiger partial charge in [-0.05, 0) is 36.4 Å². The van der Waals surface area contributed by atoms with Crippen molar-refractivity contribution in [2.24, 2.45) is 0 Å². The molecule has 0 fully saturated rings. The van der Waals surface area contributed by atoms with Crippen LogP contribution in [-0.2, 0) is 4.79 Å². The number of nitrogens with one attached hydrogen (secondary N) is 1. The van der Waals surface area contributed by atoms with Crippen LogP contribution in [0, 0.1) is 0 Å². The van der Waals surface area contributed by atoms with E-state index in [4.69, 9.17) is 11.5 Å². The van der Waals surface area contributed by atoms with Gasteiger partial charge in [0.15, 0.2) is 0 Å². The number of rotatable bonds is 1. The SMILES string of the molecule is CC(=O)Nc1cccc(N)c1.Nc1cccc(Br)c1. The number of nitrogens with two attached hydrogens (primary N) is 2. The molecule has 0 heterocycles. The van der Waals surface area contributed by atoms with E-state index in [2.05, 4.69) is 21.2 Å². The Kier molecular flexibility index (Phi) is 5.89. The number of anilines is 3. The Morgan fingerprint density at radius 1 is 1.05 bits per heavy atom. The van der Waals surface area contributed by atoms with E-state index in [1.807, 2.05) is 24.3 Å². The molecule has 0 aliphatic rings. The number of amides is 1. The van der Waals surface area contributed by atoms with Gasteiger partial charge < -0.3 is 16.8 Å². The van der Waals surface area contributed by atoms with E-state index in [-0.39, 0.29) is 5.91 Å². The van der Waals surface area contributed by atoms with Crippen LogP contribution in [0.3, 0.4) is 0 Å². The molecule has 0 atom stereocenters. The number of carbonyl (C=O) groups is 1. The fourth-order valence-corrected chi connectivity index (χ4v) is 1.74. The van der Waals surface area contributed by atoms with Crippen LogP contribution in [0.15, 0.2) is 53.0 Å². The van der Waals surface area contributed by atoms with Crippen LogP contribution in [0.5, 0.6) is 0 Å². The molecule has 5 N–H and O–H groups in total. The minimum absolute atomic E-state index is 0.0874. The fourth-order valence-electron chi connectivity index (χ4n) is 1.33. The molecule has 4 nitrogen and oxygen atoms in total. The molecule has 0 saturated heterocycles. The zero-order valence-electron chi connectivity index (χ0n) is 10.6. The first-order valence-corrected chi connectivity index (χ1v) is 6.41. The van der Waals surface area contributed by atoms with Gasteiger partial charge in [-0.3, -0.25) is 4.79 Å². The van der Waals surface area contributed by atoms with Crippen molar-refractivity contribution in [1.82, 2.24) is 0 Å². The average molecular weight is 322 g/mol. The molecule has 0 bridgehead atoms. The Labute approximate surface area is 120 Å². The number of hydrogen-bond donors (Lipinski definition) is 3. The van der Waals surface area contributed by atoms with Crippen molar-refractivity contribution in [2.75, 3.05) is 16.8 Å². The first kappa shape index (κ1) is 15.0. The van der Waals surface area contributed by atoms with Crippen molar-refractivity contribution in [3.8, 4) is 0 Å². The molecule has 19 heavy (non-hydrogen) atoms. The number of nitrogen functional groups attached to an aromatic ring is 2. The maximum absolute atomic E-state index is 10.6. The predicted octanol–water partition coefficient (Wildman–Crippen LogP) is 3.26. The van der Waals surface area contributed by atoms with Gasteiger partial charge in [0.05, 0.1) is 0 Å². The lowest BCUT2D eigenvalue weighted by molar-refractivity contribution is -0.114.